The van der Waals surface area contributed by atoms with Crippen molar-refractivity contribution < 1.29 is 9.13 Å². The average molecular weight is 265 g/mol. The predicted octanol–water partition coefficient (Wildman–Crippen LogP) is 3.16. The fraction of sp³-hybridized carbons (Fsp3) is 0.625. The highest BCUT2D eigenvalue weighted by Gasteiger charge is 2.33. The summed E-state index contributed by atoms with van der Waals surface area (Å²) in [6.45, 7) is 6.09. The van der Waals surface area contributed by atoms with E-state index in [1.807, 2.05) is 6.07 Å². The van der Waals surface area contributed by atoms with Crippen molar-refractivity contribution in [3.05, 3.63) is 35.6 Å². The lowest BCUT2D eigenvalue weighted by Gasteiger charge is -2.28. The summed E-state index contributed by atoms with van der Waals surface area (Å²) >= 11 is 0. The minimum absolute atomic E-state index is 0.150. The van der Waals surface area contributed by atoms with Crippen LogP contribution in [0, 0.1) is 11.7 Å². The first-order chi connectivity index (χ1) is 9.24. The Morgan fingerprint density at radius 3 is 2.95 bits per heavy atom. The molecule has 106 valence electrons. The van der Waals surface area contributed by atoms with Gasteiger partial charge in [-0.15, -0.1) is 0 Å². The van der Waals surface area contributed by atoms with E-state index in [4.69, 9.17) is 4.74 Å². The van der Waals surface area contributed by atoms with Gasteiger partial charge in [-0.25, -0.2) is 4.39 Å². The van der Waals surface area contributed by atoms with Gasteiger partial charge >= 0.3 is 0 Å². The highest BCUT2D eigenvalue weighted by molar-refractivity contribution is 5.18. The third-order valence-electron chi connectivity index (χ3n) is 3.99. The Hall–Kier alpha value is -0.930. The van der Waals surface area contributed by atoms with E-state index >= 15 is 0 Å². The van der Waals surface area contributed by atoms with Crippen LogP contribution in [0.2, 0.25) is 0 Å². The van der Waals surface area contributed by atoms with Crippen LogP contribution < -0.4 is 5.32 Å². The smallest absolute Gasteiger partial charge is 0.123 e. The lowest BCUT2D eigenvalue weighted by molar-refractivity contribution is 0.0776. The van der Waals surface area contributed by atoms with E-state index in [9.17, 15) is 4.39 Å². The summed E-state index contributed by atoms with van der Waals surface area (Å²) in [6, 6.07) is 7.31. The van der Waals surface area contributed by atoms with Gasteiger partial charge in [0.25, 0.3) is 0 Å². The molecular formula is C16H24FNO. The monoisotopic (exact) mass is 265 g/mol. The molecular weight excluding hydrogens is 241 g/mol. The Labute approximate surface area is 115 Å². The van der Waals surface area contributed by atoms with Gasteiger partial charge in [0, 0.05) is 18.6 Å². The summed E-state index contributed by atoms with van der Waals surface area (Å²) in [5, 5.41) is 3.55. The maximum absolute atomic E-state index is 13.3. The predicted molar refractivity (Wildman–Crippen MR) is 75.7 cm³/mol. The third kappa shape index (κ3) is 3.77. The summed E-state index contributed by atoms with van der Waals surface area (Å²) in [7, 11) is 0. The highest BCUT2D eigenvalue weighted by Crippen LogP contribution is 2.28. The van der Waals surface area contributed by atoms with Gasteiger partial charge in [-0.05, 0) is 43.5 Å². The topological polar surface area (TPSA) is 21.3 Å². The number of halogens is 1. The van der Waals surface area contributed by atoms with Crippen molar-refractivity contribution in [2.75, 3.05) is 13.2 Å². The zero-order valence-electron chi connectivity index (χ0n) is 11.9. The van der Waals surface area contributed by atoms with Crippen molar-refractivity contribution in [2.24, 2.45) is 5.92 Å². The molecule has 0 bridgehead atoms. The summed E-state index contributed by atoms with van der Waals surface area (Å²) in [6.07, 6.45) is 3.37. The molecule has 0 amide bonds. The number of likely N-dealkylation sites (N-methyl/N-ethyl adjacent to an activating group) is 1. The Kier molecular flexibility index (Phi) is 5.34. The number of hydrogen-bond acceptors (Lipinski definition) is 2. The quantitative estimate of drug-likeness (QED) is 0.853. The van der Waals surface area contributed by atoms with Crippen molar-refractivity contribution in [3.8, 4) is 0 Å². The highest BCUT2D eigenvalue weighted by atomic mass is 19.1. The maximum Gasteiger partial charge on any atom is 0.123 e. The minimum Gasteiger partial charge on any atom is -0.378 e. The summed E-state index contributed by atoms with van der Waals surface area (Å²) in [5.41, 5.74) is 1.06. The molecule has 0 aromatic heterocycles. The molecule has 1 fully saturated rings. The van der Waals surface area contributed by atoms with Crippen molar-refractivity contribution in [1.82, 2.24) is 5.32 Å². The van der Waals surface area contributed by atoms with Gasteiger partial charge in [-0.2, -0.15) is 0 Å². The molecule has 3 atom stereocenters. The van der Waals surface area contributed by atoms with Crippen molar-refractivity contribution in [3.63, 3.8) is 0 Å². The van der Waals surface area contributed by atoms with Gasteiger partial charge in [-0.1, -0.05) is 26.0 Å². The number of benzene rings is 1. The molecule has 1 N–H and O–H groups in total. The molecule has 1 heterocycles. The van der Waals surface area contributed by atoms with Crippen molar-refractivity contribution >= 4 is 0 Å². The molecule has 2 nitrogen and oxygen atoms in total. The second-order valence-electron chi connectivity index (χ2n) is 5.27. The standard InChI is InChI=1S/C16H24FNO/c1-3-16-14(8-9-19-16)15(18-4-2)11-12-6-5-7-13(17)10-12/h5-7,10,14-16,18H,3-4,8-9,11H2,1-2H3. The molecule has 3 unspecified atom stereocenters. The zero-order chi connectivity index (χ0) is 13.7. The lowest BCUT2D eigenvalue weighted by Crippen LogP contribution is -2.41. The first kappa shape index (κ1) is 14.5. The number of hydrogen-bond donors (Lipinski definition) is 1. The van der Waals surface area contributed by atoms with Crippen LogP contribution in [-0.4, -0.2) is 25.3 Å². The molecule has 3 heteroatoms. The molecule has 1 saturated heterocycles. The molecule has 1 aromatic carbocycles. The van der Waals surface area contributed by atoms with Crippen molar-refractivity contribution in [2.45, 2.75) is 45.3 Å². The van der Waals surface area contributed by atoms with Crippen molar-refractivity contribution in [1.29, 1.82) is 0 Å². The number of nitrogens with one attached hydrogen (secondary N) is 1. The molecule has 1 aromatic rings. The third-order valence-corrected chi connectivity index (χ3v) is 3.99. The van der Waals surface area contributed by atoms with Gasteiger partial charge in [0.15, 0.2) is 0 Å². The molecule has 0 spiro atoms. The van der Waals surface area contributed by atoms with E-state index in [1.54, 1.807) is 12.1 Å². The molecule has 2 rings (SSSR count). The Morgan fingerprint density at radius 1 is 1.42 bits per heavy atom. The fourth-order valence-corrected chi connectivity index (χ4v) is 3.10. The fourth-order valence-electron chi connectivity index (χ4n) is 3.10. The second-order valence-corrected chi connectivity index (χ2v) is 5.27. The van der Waals surface area contributed by atoms with Crippen LogP contribution in [-0.2, 0) is 11.2 Å². The van der Waals surface area contributed by atoms with Gasteiger partial charge in [-0.3, -0.25) is 0 Å². The van der Waals surface area contributed by atoms with Crippen LogP contribution in [0.15, 0.2) is 24.3 Å². The van der Waals surface area contributed by atoms with E-state index in [-0.39, 0.29) is 5.82 Å². The molecule has 0 saturated carbocycles. The average Bonchev–Trinajstić information content (AvgIpc) is 2.86. The summed E-state index contributed by atoms with van der Waals surface area (Å²) in [5.74, 6) is 0.385. The first-order valence-electron chi connectivity index (χ1n) is 7.34. The zero-order valence-corrected chi connectivity index (χ0v) is 11.9. The van der Waals surface area contributed by atoms with E-state index in [0.717, 1.165) is 38.0 Å². The molecule has 0 radical (unpaired) electrons. The van der Waals surface area contributed by atoms with Gasteiger partial charge in [0.05, 0.1) is 6.10 Å². The molecule has 19 heavy (non-hydrogen) atoms. The van der Waals surface area contributed by atoms with E-state index in [0.29, 0.717) is 18.1 Å². The summed E-state index contributed by atoms with van der Waals surface area (Å²) in [4.78, 5) is 0. The molecule has 0 aliphatic carbocycles. The number of rotatable bonds is 6. The summed E-state index contributed by atoms with van der Waals surface area (Å²) < 4.78 is 19.1. The molecule has 1 aliphatic heterocycles. The minimum atomic E-state index is -0.150. The van der Waals surface area contributed by atoms with E-state index < -0.39 is 0 Å². The Bertz CT molecular complexity index is 396. The van der Waals surface area contributed by atoms with Gasteiger partial charge in [0.1, 0.15) is 5.82 Å². The van der Waals surface area contributed by atoms with Crippen LogP contribution in [0.3, 0.4) is 0 Å². The largest absolute Gasteiger partial charge is 0.378 e. The molecule has 1 aliphatic rings. The van der Waals surface area contributed by atoms with Crippen LogP contribution >= 0.6 is 0 Å². The van der Waals surface area contributed by atoms with Crippen LogP contribution in [0.25, 0.3) is 0 Å². The Balaban J connectivity index is 2.07. The first-order valence-corrected chi connectivity index (χ1v) is 7.34. The van der Waals surface area contributed by atoms with Gasteiger partial charge < -0.3 is 10.1 Å². The maximum atomic E-state index is 13.3. The van der Waals surface area contributed by atoms with Crippen LogP contribution in [0.5, 0.6) is 0 Å². The normalized spacial score (nSPS) is 24.6. The Morgan fingerprint density at radius 2 is 2.26 bits per heavy atom. The van der Waals surface area contributed by atoms with E-state index in [2.05, 4.69) is 19.2 Å². The van der Waals surface area contributed by atoms with E-state index in [1.165, 1.54) is 6.07 Å². The second kappa shape index (κ2) is 7.01. The number of ether oxygens (including phenoxy) is 1. The van der Waals surface area contributed by atoms with Crippen LogP contribution in [0.1, 0.15) is 32.3 Å². The SMILES string of the molecule is CCNC(Cc1cccc(F)c1)C1CCOC1CC. The van der Waals surface area contributed by atoms with Gasteiger partial charge in [0.2, 0.25) is 0 Å². The van der Waals surface area contributed by atoms with Crippen LogP contribution in [0.4, 0.5) is 4.39 Å². The lowest BCUT2D eigenvalue weighted by atomic mass is 9.87.